The number of hydrogen-bond acceptors (Lipinski definition) is 1. The Labute approximate surface area is 204 Å². The van der Waals surface area contributed by atoms with Gasteiger partial charge in [-0.05, 0) is 56.3 Å². The van der Waals surface area contributed by atoms with E-state index in [4.69, 9.17) is 0 Å². The average Bonchev–Trinajstić information content (AvgIpc) is 2.85. The van der Waals surface area contributed by atoms with Crippen LogP contribution in [0.25, 0.3) is 22.3 Å². The van der Waals surface area contributed by atoms with Crippen LogP contribution in [-0.4, -0.2) is 5.78 Å². The third-order valence-corrected chi connectivity index (χ3v) is 6.50. The van der Waals surface area contributed by atoms with Crippen LogP contribution in [0.4, 0.5) is 0 Å². The first-order valence-electron chi connectivity index (χ1n) is 12.3. The van der Waals surface area contributed by atoms with Gasteiger partial charge in [0.1, 0.15) is 5.78 Å². The summed E-state index contributed by atoms with van der Waals surface area (Å²) in [5.74, 6) is 1.19. The molecule has 172 valence electrons. The highest BCUT2D eigenvalue weighted by Crippen LogP contribution is 2.30. The third kappa shape index (κ3) is 5.54. The Kier molecular flexibility index (Phi) is 7.43. The highest BCUT2D eigenvalue weighted by Gasteiger charge is 2.11. The number of hydrogen-bond donors (Lipinski definition) is 0. The van der Waals surface area contributed by atoms with Crippen molar-refractivity contribution in [3.05, 3.63) is 119 Å². The molecule has 0 spiro atoms. The van der Waals surface area contributed by atoms with Gasteiger partial charge in [0.25, 0.3) is 0 Å². The molecule has 0 bridgehead atoms. The molecule has 0 unspecified atom stereocenters. The van der Waals surface area contributed by atoms with Crippen LogP contribution in [0.1, 0.15) is 61.8 Å². The third-order valence-electron chi connectivity index (χ3n) is 6.50. The van der Waals surface area contributed by atoms with Crippen molar-refractivity contribution >= 4 is 5.78 Å². The average molecular weight is 447 g/mol. The van der Waals surface area contributed by atoms with Crippen molar-refractivity contribution in [1.29, 1.82) is 0 Å². The van der Waals surface area contributed by atoms with Crippen LogP contribution in [0.15, 0.2) is 97.1 Å². The van der Waals surface area contributed by atoms with Crippen molar-refractivity contribution in [2.45, 2.75) is 52.4 Å². The molecule has 0 heterocycles. The molecular formula is C33H34O. The highest BCUT2D eigenvalue weighted by molar-refractivity contribution is 5.83. The van der Waals surface area contributed by atoms with Gasteiger partial charge in [-0.25, -0.2) is 0 Å². The maximum absolute atomic E-state index is 12.8. The summed E-state index contributed by atoms with van der Waals surface area (Å²) in [4.78, 5) is 12.8. The summed E-state index contributed by atoms with van der Waals surface area (Å²) < 4.78 is 0. The molecule has 34 heavy (non-hydrogen) atoms. The molecule has 0 saturated heterocycles. The molecule has 0 aromatic heterocycles. The standard InChI is InChI=1S/C33H34O/c1-23(2)30-9-5-7-11-32(30)27-17-13-25(14-18-27)21-29(34)22-26-15-19-28(20-16-26)33-12-8-6-10-31(33)24(3)4/h5-20,23-24H,21-22H2,1-4H3. The molecule has 4 rings (SSSR count). The Morgan fingerprint density at radius 3 is 1.24 bits per heavy atom. The molecule has 0 aliphatic heterocycles. The van der Waals surface area contributed by atoms with E-state index in [9.17, 15) is 4.79 Å². The molecule has 0 saturated carbocycles. The summed E-state index contributed by atoms with van der Waals surface area (Å²) in [6.07, 6.45) is 0.925. The fraction of sp³-hybridized carbons (Fsp3) is 0.242. The van der Waals surface area contributed by atoms with Crippen LogP contribution in [0.2, 0.25) is 0 Å². The normalized spacial score (nSPS) is 11.2. The molecule has 1 heteroatoms. The van der Waals surface area contributed by atoms with Gasteiger partial charge in [-0.1, -0.05) is 125 Å². The van der Waals surface area contributed by atoms with Gasteiger partial charge in [0, 0.05) is 12.8 Å². The van der Waals surface area contributed by atoms with Crippen LogP contribution in [0.5, 0.6) is 0 Å². The molecule has 4 aromatic rings. The maximum Gasteiger partial charge on any atom is 0.141 e. The fourth-order valence-corrected chi connectivity index (χ4v) is 4.65. The summed E-state index contributed by atoms with van der Waals surface area (Å²) in [5, 5.41) is 0. The minimum Gasteiger partial charge on any atom is -0.299 e. The SMILES string of the molecule is CC(C)c1ccccc1-c1ccc(CC(=O)Cc2ccc(-c3ccccc3C(C)C)cc2)cc1. The predicted molar refractivity (Wildman–Crippen MR) is 144 cm³/mol. The summed E-state index contributed by atoms with van der Waals surface area (Å²) in [5.41, 5.74) is 9.80. The van der Waals surface area contributed by atoms with E-state index in [1.165, 1.54) is 33.4 Å². The second-order valence-electron chi connectivity index (χ2n) is 9.77. The first kappa shape index (κ1) is 23.7. The van der Waals surface area contributed by atoms with E-state index in [1.54, 1.807) is 0 Å². The minimum atomic E-state index is 0.241. The molecule has 0 atom stereocenters. The Bertz CT molecular complexity index is 1150. The van der Waals surface area contributed by atoms with Gasteiger partial charge in [0.2, 0.25) is 0 Å². The van der Waals surface area contributed by atoms with E-state index < -0.39 is 0 Å². The largest absolute Gasteiger partial charge is 0.299 e. The van der Waals surface area contributed by atoms with E-state index in [0.29, 0.717) is 24.7 Å². The Morgan fingerprint density at radius 1 is 0.529 bits per heavy atom. The van der Waals surface area contributed by atoms with Crippen LogP contribution in [-0.2, 0) is 17.6 Å². The van der Waals surface area contributed by atoms with E-state index >= 15 is 0 Å². The maximum atomic E-state index is 12.8. The van der Waals surface area contributed by atoms with Gasteiger partial charge in [-0.3, -0.25) is 4.79 Å². The second kappa shape index (κ2) is 10.7. The molecule has 0 aliphatic rings. The molecule has 0 amide bonds. The number of Topliss-reactive ketones (excluding diaryl/α,β-unsaturated/α-hetero) is 1. The van der Waals surface area contributed by atoms with Crippen LogP contribution < -0.4 is 0 Å². The molecular weight excluding hydrogens is 412 g/mol. The number of ketones is 1. The molecule has 4 aromatic carbocycles. The van der Waals surface area contributed by atoms with Gasteiger partial charge in [-0.2, -0.15) is 0 Å². The molecule has 0 N–H and O–H groups in total. The Hall–Kier alpha value is -3.45. The van der Waals surface area contributed by atoms with E-state index in [0.717, 1.165) is 11.1 Å². The van der Waals surface area contributed by atoms with Gasteiger partial charge in [-0.15, -0.1) is 0 Å². The fourth-order valence-electron chi connectivity index (χ4n) is 4.65. The number of rotatable bonds is 8. The van der Waals surface area contributed by atoms with E-state index in [1.807, 2.05) is 0 Å². The topological polar surface area (TPSA) is 17.1 Å². The van der Waals surface area contributed by atoms with Crippen molar-refractivity contribution in [2.24, 2.45) is 0 Å². The minimum absolute atomic E-state index is 0.241. The van der Waals surface area contributed by atoms with Crippen molar-refractivity contribution in [2.75, 3.05) is 0 Å². The lowest BCUT2D eigenvalue weighted by molar-refractivity contribution is -0.117. The van der Waals surface area contributed by atoms with E-state index in [-0.39, 0.29) is 5.78 Å². The first-order chi connectivity index (χ1) is 16.4. The van der Waals surface area contributed by atoms with Gasteiger partial charge in [0.15, 0.2) is 0 Å². The number of carbonyl (C=O) groups excluding carboxylic acids is 1. The van der Waals surface area contributed by atoms with Gasteiger partial charge in [0.05, 0.1) is 0 Å². The lowest BCUT2D eigenvalue weighted by Crippen LogP contribution is -2.06. The number of benzene rings is 4. The Morgan fingerprint density at radius 2 is 0.882 bits per heavy atom. The molecule has 0 radical (unpaired) electrons. The zero-order chi connectivity index (χ0) is 24.1. The van der Waals surface area contributed by atoms with Crippen LogP contribution in [0, 0.1) is 0 Å². The van der Waals surface area contributed by atoms with Crippen molar-refractivity contribution in [3.63, 3.8) is 0 Å². The zero-order valence-corrected chi connectivity index (χ0v) is 20.7. The van der Waals surface area contributed by atoms with Crippen molar-refractivity contribution in [3.8, 4) is 22.3 Å². The smallest absolute Gasteiger partial charge is 0.141 e. The summed E-state index contributed by atoms with van der Waals surface area (Å²) in [7, 11) is 0. The Balaban J connectivity index is 1.42. The van der Waals surface area contributed by atoms with Gasteiger partial charge >= 0.3 is 0 Å². The summed E-state index contributed by atoms with van der Waals surface area (Å²) >= 11 is 0. The monoisotopic (exact) mass is 446 g/mol. The first-order valence-corrected chi connectivity index (χ1v) is 12.3. The van der Waals surface area contributed by atoms with Crippen molar-refractivity contribution in [1.82, 2.24) is 0 Å². The highest BCUT2D eigenvalue weighted by atomic mass is 16.1. The molecule has 0 aliphatic carbocycles. The molecule has 1 nitrogen and oxygen atoms in total. The van der Waals surface area contributed by atoms with Crippen molar-refractivity contribution < 1.29 is 4.79 Å². The summed E-state index contributed by atoms with van der Waals surface area (Å²) in [6, 6.07) is 34.1. The quantitative estimate of drug-likeness (QED) is 0.265. The second-order valence-corrected chi connectivity index (χ2v) is 9.77. The zero-order valence-electron chi connectivity index (χ0n) is 20.7. The predicted octanol–water partition coefficient (Wildman–Crippen LogP) is 8.62. The lowest BCUT2D eigenvalue weighted by atomic mass is 9.91. The molecule has 0 fully saturated rings. The van der Waals surface area contributed by atoms with Gasteiger partial charge < -0.3 is 0 Å². The van der Waals surface area contributed by atoms with Crippen LogP contribution >= 0.6 is 0 Å². The summed E-state index contributed by atoms with van der Waals surface area (Å²) in [6.45, 7) is 8.89. The number of carbonyl (C=O) groups is 1. The lowest BCUT2D eigenvalue weighted by Gasteiger charge is -2.13. The van der Waals surface area contributed by atoms with Crippen LogP contribution in [0.3, 0.4) is 0 Å². The van der Waals surface area contributed by atoms with E-state index in [2.05, 4.69) is 125 Å².